The van der Waals surface area contributed by atoms with Crippen LogP contribution in [0.3, 0.4) is 0 Å². The quantitative estimate of drug-likeness (QED) is 0.799. The Labute approximate surface area is 93.3 Å². The number of nitrogens with zero attached hydrogens (tertiary/aromatic N) is 2. The lowest BCUT2D eigenvalue weighted by Crippen LogP contribution is -2.17. The van der Waals surface area contributed by atoms with E-state index < -0.39 is 0 Å². The van der Waals surface area contributed by atoms with Crippen LogP contribution < -0.4 is 4.90 Å². The van der Waals surface area contributed by atoms with Crippen molar-refractivity contribution in [3.8, 4) is 0 Å². The zero-order valence-corrected chi connectivity index (χ0v) is 9.26. The van der Waals surface area contributed by atoms with Crippen LogP contribution in [0.25, 0.3) is 10.9 Å². The third-order valence-corrected chi connectivity index (χ3v) is 3.24. The molecule has 3 nitrogen and oxygen atoms in total. The van der Waals surface area contributed by atoms with E-state index in [9.17, 15) is 4.39 Å². The second-order valence-electron chi connectivity index (χ2n) is 4.36. The van der Waals surface area contributed by atoms with Gasteiger partial charge >= 0.3 is 0 Å². The van der Waals surface area contributed by atoms with Gasteiger partial charge in [0, 0.05) is 24.5 Å². The van der Waals surface area contributed by atoms with Crippen LogP contribution in [0.5, 0.6) is 0 Å². The zero-order valence-electron chi connectivity index (χ0n) is 9.26. The minimum absolute atomic E-state index is 0.175. The topological polar surface area (TPSA) is 31.9 Å². The molecular formula is C12H14FN3. The van der Waals surface area contributed by atoms with Crippen molar-refractivity contribution < 1.29 is 4.39 Å². The third-order valence-electron chi connectivity index (χ3n) is 3.24. The number of nitrogens with one attached hydrogen (secondary N) is 1. The summed E-state index contributed by atoms with van der Waals surface area (Å²) in [5.41, 5.74) is 2.47. The number of rotatable bonds is 1. The molecule has 2 aromatic rings. The molecule has 1 N–H and O–H groups in total. The summed E-state index contributed by atoms with van der Waals surface area (Å²) in [7, 11) is 0. The molecule has 1 fully saturated rings. The van der Waals surface area contributed by atoms with Gasteiger partial charge < -0.3 is 4.90 Å². The van der Waals surface area contributed by atoms with Crippen molar-refractivity contribution in [3.05, 3.63) is 23.6 Å². The summed E-state index contributed by atoms with van der Waals surface area (Å²) < 4.78 is 13.9. The monoisotopic (exact) mass is 219 g/mol. The summed E-state index contributed by atoms with van der Waals surface area (Å²) in [4.78, 5) is 2.21. The summed E-state index contributed by atoms with van der Waals surface area (Å²) in [5, 5.41) is 7.56. The van der Waals surface area contributed by atoms with E-state index in [2.05, 4.69) is 15.1 Å². The maximum atomic E-state index is 13.9. The van der Waals surface area contributed by atoms with E-state index in [1.165, 1.54) is 12.8 Å². The van der Waals surface area contributed by atoms with Gasteiger partial charge in [-0.25, -0.2) is 4.39 Å². The molecule has 0 bridgehead atoms. The van der Waals surface area contributed by atoms with Gasteiger partial charge in [0.25, 0.3) is 0 Å². The molecular weight excluding hydrogens is 205 g/mol. The average molecular weight is 219 g/mol. The Bertz CT molecular complexity index is 526. The first-order chi connectivity index (χ1) is 7.75. The van der Waals surface area contributed by atoms with Crippen LogP contribution in [0.15, 0.2) is 12.1 Å². The highest BCUT2D eigenvalue weighted by Crippen LogP contribution is 2.27. The van der Waals surface area contributed by atoms with Crippen molar-refractivity contribution >= 4 is 16.6 Å². The molecule has 1 saturated heterocycles. The highest BCUT2D eigenvalue weighted by molar-refractivity contribution is 5.85. The van der Waals surface area contributed by atoms with Crippen molar-refractivity contribution in [1.82, 2.24) is 10.2 Å². The van der Waals surface area contributed by atoms with Crippen LogP contribution >= 0.6 is 0 Å². The van der Waals surface area contributed by atoms with E-state index in [1.807, 2.05) is 13.0 Å². The van der Waals surface area contributed by atoms with E-state index in [4.69, 9.17) is 0 Å². The Balaban J connectivity index is 2.13. The van der Waals surface area contributed by atoms with Gasteiger partial charge in [-0.2, -0.15) is 5.10 Å². The number of benzene rings is 1. The van der Waals surface area contributed by atoms with Gasteiger partial charge in [0.2, 0.25) is 0 Å². The molecule has 0 atom stereocenters. The second kappa shape index (κ2) is 3.47. The molecule has 2 heterocycles. The summed E-state index contributed by atoms with van der Waals surface area (Å²) in [6, 6.07) is 3.59. The predicted octanol–water partition coefficient (Wildman–Crippen LogP) is 2.61. The van der Waals surface area contributed by atoms with Crippen molar-refractivity contribution in [2.45, 2.75) is 19.8 Å². The van der Waals surface area contributed by atoms with Gasteiger partial charge in [0.05, 0.1) is 10.9 Å². The normalized spacial score (nSPS) is 16.2. The van der Waals surface area contributed by atoms with Gasteiger partial charge in [-0.1, -0.05) is 0 Å². The highest BCUT2D eigenvalue weighted by atomic mass is 19.1. The molecule has 4 heteroatoms. The lowest BCUT2D eigenvalue weighted by molar-refractivity contribution is 0.638. The fourth-order valence-electron chi connectivity index (χ4n) is 2.40. The fourth-order valence-corrected chi connectivity index (χ4v) is 2.40. The van der Waals surface area contributed by atoms with E-state index >= 15 is 0 Å². The van der Waals surface area contributed by atoms with Gasteiger partial charge in [-0.3, -0.25) is 5.10 Å². The van der Waals surface area contributed by atoms with Crippen LogP contribution in [-0.2, 0) is 0 Å². The summed E-state index contributed by atoms with van der Waals surface area (Å²) in [6.45, 7) is 3.89. The number of aryl methyl sites for hydroxylation is 1. The van der Waals surface area contributed by atoms with Gasteiger partial charge in [0.15, 0.2) is 0 Å². The first-order valence-corrected chi connectivity index (χ1v) is 5.65. The molecule has 0 aliphatic carbocycles. The van der Waals surface area contributed by atoms with Gasteiger partial charge in [-0.05, 0) is 31.9 Å². The summed E-state index contributed by atoms with van der Waals surface area (Å²) in [5.74, 6) is -0.175. The Morgan fingerprint density at radius 1 is 1.31 bits per heavy atom. The molecule has 1 aromatic heterocycles. The van der Waals surface area contributed by atoms with Crippen LogP contribution in [0.1, 0.15) is 18.5 Å². The van der Waals surface area contributed by atoms with Crippen LogP contribution in [-0.4, -0.2) is 23.3 Å². The Morgan fingerprint density at radius 2 is 2.06 bits per heavy atom. The van der Waals surface area contributed by atoms with Crippen LogP contribution in [0.4, 0.5) is 10.1 Å². The molecule has 84 valence electrons. The van der Waals surface area contributed by atoms with Gasteiger partial charge in [-0.15, -0.1) is 0 Å². The van der Waals surface area contributed by atoms with Crippen molar-refractivity contribution in [2.24, 2.45) is 0 Å². The van der Waals surface area contributed by atoms with E-state index in [-0.39, 0.29) is 5.82 Å². The van der Waals surface area contributed by atoms with E-state index in [1.54, 1.807) is 6.07 Å². The minimum Gasteiger partial charge on any atom is -0.371 e. The number of aromatic nitrogens is 2. The second-order valence-corrected chi connectivity index (χ2v) is 4.36. The Morgan fingerprint density at radius 3 is 2.81 bits per heavy atom. The van der Waals surface area contributed by atoms with E-state index in [0.29, 0.717) is 5.39 Å². The SMILES string of the molecule is Cc1[nH]nc2cc(N3CCCC3)cc(F)c12. The van der Waals surface area contributed by atoms with E-state index in [0.717, 1.165) is 30.0 Å². The number of hydrogen-bond donors (Lipinski definition) is 1. The maximum Gasteiger partial charge on any atom is 0.136 e. The smallest absolute Gasteiger partial charge is 0.136 e. The number of fused-ring (bicyclic) bond motifs is 1. The number of hydrogen-bond acceptors (Lipinski definition) is 2. The fraction of sp³-hybridized carbons (Fsp3) is 0.417. The first-order valence-electron chi connectivity index (χ1n) is 5.65. The number of halogens is 1. The molecule has 16 heavy (non-hydrogen) atoms. The summed E-state index contributed by atoms with van der Waals surface area (Å²) >= 11 is 0. The average Bonchev–Trinajstić information content (AvgIpc) is 2.87. The lowest BCUT2D eigenvalue weighted by atomic mass is 10.2. The van der Waals surface area contributed by atoms with Crippen molar-refractivity contribution in [3.63, 3.8) is 0 Å². The zero-order chi connectivity index (χ0) is 11.1. The van der Waals surface area contributed by atoms with Crippen LogP contribution in [0, 0.1) is 12.7 Å². The molecule has 0 unspecified atom stereocenters. The highest BCUT2D eigenvalue weighted by Gasteiger charge is 2.16. The standard InChI is InChI=1S/C12H14FN3/c1-8-12-10(13)6-9(7-11(12)15-14-8)16-4-2-3-5-16/h6-7H,2-5H2,1H3,(H,14,15). The largest absolute Gasteiger partial charge is 0.371 e. The molecule has 1 aliphatic rings. The number of aromatic amines is 1. The molecule has 1 aliphatic heterocycles. The van der Waals surface area contributed by atoms with Crippen molar-refractivity contribution in [2.75, 3.05) is 18.0 Å². The summed E-state index contributed by atoms with van der Waals surface area (Å²) in [6.07, 6.45) is 2.39. The Hall–Kier alpha value is -1.58. The van der Waals surface area contributed by atoms with Crippen molar-refractivity contribution in [1.29, 1.82) is 0 Å². The van der Waals surface area contributed by atoms with Crippen LogP contribution in [0.2, 0.25) is 0 Å². The van der Waals surface area contributed by atoms with Gasteiger partial charge in [0.1, 0.15) is 5.82 Å². The Kier molecular flexibility index (Phi) is 2.09. The maximum absolute atomic E-state index is 13.9. The number of anilines is 1. The molecule has 0 radical (unpaired) electrons. The first kappa shape index (κ1) is 9.63. The molecule has 0 spiro atoms. The third kappa shape index (κ3) is 1.37. The lowest BCUT2D eigenvalue weighted by Gasteiger charge is -2.17. The molecule has 1 aromatic carbocycles. The number of H-pyrrole nitrogens is 1. The minimum atomic E-state index is -0.175. The molecule has 0 amide bonds. The molecule has 3 rings (SSSR count). The molecule has 0 saturated carbocycles. The predicted molar refractivity (Wildman–Crippen MR) is 62.2 cm³/mol.